The highest BCUT2D eigenvalue weighted by molar-refractivity contribution is 6.74. The molecule has 2 heterocycles. The maximum absolute atomic E-state index is 14.2. The molecule has 7 nitrogen and oxygen atoms in total. The maximum atomic E-state index is 14.2. The van der Waals surface area contributed by atoms with E-state index in [1.54, 1.807) is 0 Å². The van der Waals surface area contributed by atoms with E-state index < -0.39 is 38.6 Å². The maximum Gasteiger partial charge on any atom is 0.417 e. The third-order valence-electron chi connectivity index (χ3n) is 8.03. The van der Waals surface area contributed by atoms with Gasteiger partial charge < -0.3 is 18.6 Å². The van der Waals surface area contributed by atoms with Crippen molar-refractivity contribution in [1.82, 2.24) is 4.90 Å². The Morgan fingerprint density at radius 3 is 2.25 bits per heavy atom. The number of carbonyl (C=O) groups excluding carboxylic acids is 2. The molecule has 40 heavy (non-hydrogen) atoms. The molecule has 2 aromatic carbocycles. The van der Waals surface area contributed by atoms with E-state index in [0.717, 1.165) is 11.1 Å². The highest BCUT2D eigenvalue weighted by atomic mass is 28.4. The number of hydrogen-bond acceptors (Lipinski definition) is 6. The molecule has 1 saturated heterocycles. The molecule has 0 saturated carbocycles. The Morgan fingerprint density at radius 1 is 0.975 bits per heavy atom. The van der Waals surface area contributed by atoms with E-state index in [9.17, 15) is 9.59 Å². The first kappa shape index (κ1) is 30.2. The summed E-state index contributed by atoms with van der Waals surface area (Å²) >= 11 is 0. The van der Waals surface area contributed by atoms with E-state index in [1.807, 2.05) is 60.7 Å². The van der Waals surface area contributed by atoms with Crippen LogP contribution in [0, 0.1) is 0 Å². The van der Waals surface area contributed by atoms with Crippen molar-refractivity contribution in [2.24, 2.45) is 0 Å². The standard InChI is InChI=1S/C32H43NO6Si/c1-32(2,3)40(4,5)39-28-19-13-12-18-27(23-36-21-25-16-10-7-11-17-25)38-29(28)30(34)33-26(22-37-31(33)35)20-24-14-8-6-9-15-24/h6-17,26-29H,18-23H2,1-5H3/b13-12-/t26-,27-,28+,29-/m1/s1. The second kappa shape index (κ2) is 13.3. The predicted molar refractivity (Wildman–Crippen MR) is 157 cm³/mol. The molecule has 2 aromatic rings. The minimum Gasteiger partial charge on any atom is -0.447 e. The number of imide groups is 1. The summed E-state index contributed by atoms with van der Waals surface area (Å²) in [4.78, 5) is 28.4. The van der Waals surface area contributed by atoms with Crippen LogP contribution in [0.15, 0.2) is 72.8 Å². The van der Waals surface area contributed by atoms with Crippen molar-refractivity contribution in [2.75, 3.05) is 13.2 Å². The summed E-state index contributed by atoms with van der Waals surface area (Å²) < 4.78 is 24.8. The van der Waals surface area contributed by atoms with Crippen LogP contribution in [0.25, 0.3) is 0 Å². The van der Waals surface area contributed by atoms with Crippen molar-refractivity contribution in [3.05, 3.63) is 83.9 Å². The van der Waals surface area contributed by atoms with E-state index in [0.29, 0.717) is 32.5 Å². The Balaban J connectivity index is 1.57. The normalized spacial score (nSPS) is 24.7. The van der Waals surface area contributed by atoms with Crippen LogP contribution in [-0.2, 0) is 36.5 Å². The fraction of sp³-hybridized carbons (Fsp3) is 0.500. The van der Waals surface area contributed by atoms with Crippen molar-refractivity contribution < 1.29 is 28.2 Å². The van der Waals surface area contributed by atoms with E-state index in [-0.39, 0.29) is 17.7 Å². The molecule has 0 unspecified atom stereocenters. The van der Waals surface area contributed by atoms with E-state index in [2.05, 4.69) is 46.0 Å². The zero-order valence-electron chi connectivity index (χ0n) is 24.4. The fourth-order valence-corrected chi connectivity index (χ4v) is 6.06. The molecule has 2 aliphatic heterocycles. The molecule has 0 spiro atoms. The molecule has 4 atom stereocenters. The van der Waals surface area contributed by atoms with Crippen molar-refractivity contribution >= 4 is 20.3 Å². The van der Waals surface area contributed by atoms with E-state index in [1.165, 1.54) is 4.90 Å². The Morgan fingerprint density at radius 2 is 1.60 bits per heavy atom. The number of benzene rings is 2. The van der Waals surface area contributed by atoms with Gasteiger partial charge in [0.1, 0.15) is 6.61 Å². The first-order chi connectivity index (χ1) is 19.0. The third-order valence-corrected chi connectivity index (χ3v) is 12.5. The Kier molecular flexibility index (Phi) is 10.0. The molecular formula is C32H43NO6Si. The summed E-state index contributed by atoms with van der Waals surface area (Å²) in [5.74, 6) is -0.407. The average Bonchev–Trinajstić information content (AvgIpc) is 3.27. The molecule has 0 aromatic heterocycles. The van der Waals surface area contributed by atoms with Crippen LogP contribution >= 0.6 is 0 Å². The molecule has 2 aliphatic rings. The van der Waals surface area contributed by atoms with Gasteiger partial charge in [-0.3, -0.25) is 4.79 Å². The largest absolute Gasteiger partial charge is 0.447 e. The van der Waals surface area contributed by atoms with Gasteiger partial charge in [0.05, 0.1) is 31.5 Å². The van der Waals surface area contributed by atoms with E-state index in [4.69, 9.17) is 18.6 Å². The number of ether oxygens (including phenoxy) is 3. The molecule has 4 rings (SSSR count). The van der Waals surface area contributed by atoms with Crippen LogP contribution in [0.5, 0.6) is 0 Å². The SMILES string of the molecule is CC(C)(C)[Si](C)(C)O[C@H]1C/C=C\C[C@H](COCc2ccccc2)O[C@H]1C(=O)N1C(=O)OC[C@H]1Cc1ccccc1. The first-order valence-electron chi connectivity index (χ1n) is 14.2. The van der Waals surface area contributed by atoms with Crippen molar-refractivity contribution in [2.45, 2.75) is 89.1 Å². The fourth-order valence-electron chi connectivity index (χ4n) is 4.73. The third kappa shape index (κ3) is 7.69. The minimum atomic E-state index is -2.28. The molecule has 2 amide bonds. The quantitative estimate of drug-likeness (QED) is 0.263. The van der Waals surface area contributed by atoms with Gasteiger partial charge in [-0.15, -0.1) is 0 Å². The molecule has 1 fully saturated rings. The van der Waals surface area contributed by atoms with Crippen LogP contribution < -0.4 is 0 Å². The van der Waals surface area contributed by atoms with Crippen LogP contribution in [-0.4, -0.2) is 62.8 Å². The minimum absolute atomic E-state index is 0.0622. The number of rotatable bonds is 9. The lowest BCUT2D eigenvalue weighted by Crippen LogP contribution is -2.55. The summed E-state index contributed by atoms with van der Waals surface area (Å²) in [7, 11) is -2.28. The van der Waals surface area contributed by atoms with Gasteiger partial charge in [-0.1, -0.05) is 93.6 Å². The van der Waals surface area contributed by atoms with Crippen LogP contribution in [0.2, 0.25) is 18.1 Å². The van der Waals surface area contributed by atoms with Gasteiger partial charge >= 0.3 is 6.09 Å². The average molecular weight is 566 g/mol. The zero-order chi connectivity index (χ0) is 28.8. The van der Waals surface area contributed by atoms with Gasteiger partial charge in [0.2, 0.25) is 0 Å². The summed E-state index contributed by atoms with van der Waals surface area (Å²) in [6, 6.07) is 19.4. The number of carbonyl (C=O) groups is 2. The Bertz CT molecular complexity index is 1150. The predicted octanol–water partition coefficient (Wildman–Crippen LogP) is 6.29. The van der Waals surface area contributed by atoms with Gasteiger partial charge in [0.25, 0.3) is 5.91 Å². The molecule has 8 heteroatoms. The lowest BCUT2D eigenvalue weighted by atomic mass is 10.0. The molecule has 0 aliphatic carbocycles. The molecular weight excluding hydrogens is 522 g/mol. The molecule has 0 N–H and O–H groups in total. The van der Waals surface area contributed by atoms with Gasteiger partial charge in [-0.25, -0.2) is 9.69 Å². The Hall–Kier alpha value is -2.78. The number of amides is 2. The highest BCUT2D eigenvalue weighted by Crippen LogP contribution is 2.39. The number of nitrogens with zero attached hydrogens (tertiary/aromatic N) is 1. The van der Waals surface area contributed by atoms with Crippen molar-refractivity contribution in [3.8, 4) is 0 Å². The van der Waals surface area contributed by atoms with Gasteiger partial charge in [0, 0.05) is 0 Å². The van der Waals surface area contributed by atoms with Crippen LogP contribution in [0.3, 0.4) is 0 Å². The lowest BCUT2D eigenvalue weighted by molar-refractivity contribution is -0.158. The smallest absolute Gasteiger partial charge is 0.417 e. The van der Waals surface area contributed by atoms with E-state index >= 15 is 0 Å². The zero-order valence-corrected chi connectivity index (χ0v) is 25.4. The number of hydrogen-bond donors (Lipinski definition) is 0. The van der Waals surface area contributed by atoms with Crippen LogP contribution in [0.4, 0.5) is 4.79 Å². The van der Waals surface area contributed by atoms with Crippen molar-refractivity contribution in [3.63, 3.8) is 0 Å². The first-order valence-corrected chi connectivity index (χ1v) is 17.1. The molecule has 216 valence electrons. The number of cyclic esters (lactones) is 1. The van der Waals surface area contributed by atoms with Gasteiger partial charge in [-0.05, 0) is 48.5 Å². The molecule has 0 radical (unpaired) electrons. The summed E-state index contributed by atoms with van der Waals surface area (Å²) in [5, 5.41) is -0.0622. The van der Waals surface area contributed by atoms with Crippen molar-refractivity contribution in [1.29, 1.82) is 0 Å². The Labute approximate surface area is 239 Å². The highest BCUT2D eigenvalue weighted by Gasteiger charge is 2.47. The lowest BCUT2D eigenvalue weighted by Gasteiger charge is -2.42. The molecule has 0 bridgehead atoms. The second-order valence-corrected chi connectivity index (χ2v) is 16.9. The van der Waals surface area contributed by atoms with Crippen LogP contribution in [0.1, 0.15) is 44.7 Å². The summed E-state index contributed by atoms with van der Waals surface area (Å²) in [5.41, 5.74) is 2.10. The van der Waals surface area contributed by atoms with Gasteiger partial charge in [0.15, 0.2) is 14.4 Å². The summed E-state index contributed by atoms with van der Waals surface area (Å²) in [6.45, 7) is 11.8. The van der Waals surface area contributed by atoms with Gasteiger partial charge in [-0.2, -0.15) is 0 Å². The topological polar surface area (TPSA) is 74.3 Å². The second-order valence-electron chi connectivity index (χ2n) is 12.2. The summed E-state index contributed by atoms with van der Waals surface area (Å²) in [6.07, 6.45) is 3.27. The monoisotopic (exact) mass is 565 g/mol.